The van der Waals surface area contributed by atoms with Gasteiger partial charge in [-0.25, -0.2) is 22.1 Å². The van der Waals surface area contributed by atoms with E-state index in [2.05, 4.69) is 19.6 Å². The Morgan fingerprint density at radius 3 is 2.68 bits per heavy atom. The second-order valence-corrected chi connectivity index (χ2v) is 12.7. The molecule has 206 valence electrons. The zero-order chi connectivity index (χ0) is 27.4. The lowest BCUT2D eigenvalue weighted by atomic mass is 9.91. The lowest BCUT2D eigenvalue weighted by Crippen LogP contribution is -2.37. The van der Waals surface area contributed by atoms with E-state index in [0.717, 1.165) is 35.9 Å². The lowest BCUT2D eigenvalue weighted by Gasteiger charge is -2.31. The van der Waals surface area contributed by atoms with Gasteiger partial charge in [-0.15, -0.1) is 0 Å². The number of anilines is 1. The van der Waals surface area contributed by atoms with Crippen LogP contribution in [0.5, 0.6) is 0 Å². The van der Waals surface area contributed by atoms with Gasteiger partial charge in [0.1, 0.15) is 17.5 Å². The molecule has 0 aromatic carbocycles. The fourth-order valence-electron chi connectivity index (χ4n) is 4.69. The Morgan fingerprint density at radius 2 is 2.08 bits per heavy atom. The van der Waals surface area contributed by atoms with Crippen molar-refractivity contribution in [2.75, 3.05) is 37.8 Å². The van der Waals surface area contributed by atoms with Crippen molar-refractivity contribution in [2.45, 2.75) is 51.3 Å². The third-order valence-corrected chi connectivity index (χ3v) is 9.36. The van der Waals surface area contributed by atoms with Crippen LogP contribution in [0.1, 0.15) is 54.7 Å². The van der Waals surface area contributed by atoms with Crippen molar-refractivity contribution < 1.29 is 17.9 Å². The predicted octanol–water partition coefficient (Wildman–Crippen LogP) is 4.13. The summed E-state index contributed by atoms with van der Waals surface area (Å²) in [5.41, 5.74) is 3.34. The molecule has 1 fully saturated rings. The van der Waals surface area contributed by atoms with Crippen molar-refractivity contribution in [3.05, 3.63) is 64.8 Å². The molecule has 1 aliphatic heterocycles. The average Bonchev–Trinajstić information content (AvgIpc) is 3.35. The first kappa shape index (κ1) is 28.4. The standard InChI is InChI=1S/C27H36FN5O3S2/c1-5-14-29-25-11-8-22(20-12-15-32(16-13-20)38(4,35)36)17-33(25)19(2)31(3)27-30-26(24(18-34)37-27)21-6-9-23(28)10-7-21/h6-9,11,17,20,23,34H,2,5,10,12-16,18H2,1,3-4H3/b29-25-. The summed E-state index contributed by atoms with van der Waals surface area (Å²) >= 11 is 1.37. The van der Waals surface area contributed by atoms with Crippen LogP contribution in [0.2, 0.25) is 0 Å². The predicted molar refractivity (Wildman–Crippen MR) is 152 cm³/mol. The molecule has 1 atom stereocenters. The summed E-state index contributed by atoms with van der Waals surface area (Å²) in [7, 11) is -1.31. The van der Waals surface area contributed by atoms with E-state index < -0.39 is 16.2 Å². The van der Waals surface area contributed by atoms with Crippen molar-refractivity contribution in [1.29, 1.82) is 0 Å². The number of aromatic nitrogens is 2. The number of thiazole rings is 1. The number of halogens is 1. The van der Waals surface area contributed by atoms with E-state index in [4.69, 9.17) is 9.98 Å². The lowest BCUT2D eigenvalue weighted by molar-refractivity contribution is 0.285. The topological polar surface area (TPSA) is 91.0 Å². The molecular formula is C27H36FN5O3S2. The Kier molecular flexibility index (Phi) is 9.02. The second kappa shape index (κ2) is 12.1. The highest BCUT2D eigenvalue weighted by atomic mass is 32.2. The van der Waals surface area contributed by atoms with Gasteiger partial charge in [0.15, 0.2) is 5.13 Å². The smallest absolute Gasteiger partial charge is 0.211 e. The number of sulfonamides is 1. The summed E-state index contributed by atoms with van der Waals surface area (Å²) in [5.74, 6) is 0.881. The summed E-state index contributed by atoms with van der Waals surface area (Å²) in [6.07, 6.45) is 10.1. The Labute approximate surface area is 228 Å². The van der Waals surface area contributed by atoms with Gasteiger partial charge in [-0.2, -0.15) is 0 Å². The quantitative estimate of drug-likeness (QED) is 0.497. The van der Waals surface area contributed by atoms with E-state index >= 15 is 0 Å². The normalized spacial score (nSPS) is 19.6. The zero-order valence-corrected chi connectivity index (χ0v) is 23.8. The van der Waals surface area contributed by atoms with Gasteiger partial charge in [0, 0.05) is 39.3 Å². The number of hydrogen-bond donors (Lipinski definition) is 1. The van der Waals surface area contributed by atoms with Gasteiger partial charge in [0.25, 0.3) is 0 Å². The van der Waals surface area contributed by atoms with Gasteiger partial charge in [-0.05, 0) is 48.5 Å². The van der Waals surface area contributed by atoms with Gasteiger partial charge in [0.05, 0.1) is 23.4 Å². The Hall–Kier alpha value is -2.60. The van der Waals surface area contributed by atoms with Crippen LogP contribution in [0.3, 0.4) is 0 Å². The number of alkyl halides is 1. The van der Waals surface area contributed by atoms with Crippen LogP contribution < -0.4 is 10.4 Å². The van der Waals surface area contributed by atoms with Crippen LogP contribution in [-0.2, 0) is 16.6 Å². The maximum atomic E-state index is 13.6. The molecule has 3 heterocycles. The third-order valence-electron chi connectivity index (χ3n) is 6.94. The van der Waals surface area contributed by atoms with Crippen LogP contribution >= 0.6 is 11.3 Å². The van der Waals surface area contributed by atoms with E-state index in [0.29, 0.717) is 47.6 Å². The number of rotatable bonds is 9. The summed E-state index contributed by atoms with van der Waals surface area (Å²) in [5, 5.41) is 10.6. The molecule has 4 rings (SSSR count). The van der Waals surface area contributed by atoms with Gasteiger partial charge in [0.2, 0.25) is 10.0 Å². The highest BCUT2D eigenvalue weighted by molar-refractivity contribution is 7.88. The number of pyridine rings is 1. The second-order valence-electron chi connectivity index (χ2n) is 9.68. The van der Waals surface area contributed by atoms with Crippen molar-refractivity contribution in [1.82, 2.24) is 13.9 Å². The molecule has 2 aromatic heterocycles. The molecular weight excluding hydrogens is 525 g/mol. The molecule has 1 saturated heterocycles. The van der Waals surface area contributed by atoms with Crippen LogP contribution in [-0.4, -0.2) is 66.5 Å². The minimum Gasteiger partial charge on any atom is -0.391 e. The molecule has 0 bridgehead atoms. The molecule has 0 radical (unpaired) electrons. The molecule has 8 nitrogen and oxygen atoms in total. The molecule has 1 N–H and O–H groups in total. The first-order valence-corrected chi connectivity index (χ1v) is 15.5. The summed E-state index contributed by atoms with van der Waals surface area (Å²) in [6, 6.07) is 4.06. The number of aliphatic hydroxyl groups is 1. The van der Waals surface area contributed by atoms with E-state index in [9.17, 15) is 17.9 Å². The zero-order valence-electron chi connectivity index (χ0n) is 22.2. The minimum atomic E-state index is -3.18. The van der Waals surface area contributed by atoms with Crippen molar-refractivity contribution in [3.8, 4) is 0 Å². The molecule has 1 aliphatic carbocycles. The SMILES string of the molecule is C=C(N(C)c1nc(C2=CCC(F)C=C2)c(CO)s1)n1cc(C2CCN(S(C)(=O)=O)CC2)cc/c1=N/CCC. The number of piperidine rings is 1. The van der Waals surface area contributed by atoms with Gasteiger partial charge < -0.3 is 10.0 Å². The number of aliphatic hydroxyl groups excluding tert-OH is 1. The highest BCUT2D eigenvalue weighted by Gasteiger charge is 2.26. The summed E-state index contributed by atoms with van der Waals surface area (Å²) in [4.78, 5) is 12.1. The van der Waals surface area contributed by atoms with Gasteiger partial charge >= 0.3 is 0 Å². The molecule has 0 amide bonds. The molecule has 11 heteroatoms. The first-order valence-electron chi connectivity index (χ1n) is 12.9. The Morgan fingerprint density at radius 1 is 1.34 bits per heavy atom. The molecule has 0 saturated carbocycles. The molecule has 2 aliphatic rings. The van der Waals surface area contributed by atoms with E-state index in [1.165, 1.54) is 23.7 Å². The summed E-state index contributed by atoms with van der Waals surface area (Å²) in [6.45, 7) is 7.95. The van der Waals surface area contributed by atoms with Crippen LogP contribution in [0.4, 0.5) is 9.52 Å². The molecule has 1 unspecified atom stereocenters. The third kappa shape index (κ3) is 6.33. The number of nitrogens with zero attached hydrogens (tertiary/aromatic N) is 5. The molecule has 38 heavy (non-hydrogen) atoms. The Balaban J connectivity index is 1.63. The molecule has 0 spiro atoms. The largest absolute Gasteiger partial charge is 0.391 e. The summed E-state index contributed by atoms with van der Waals surface area (Å²) < 4.78 is 41.0. The van der Waals surface area contributed by atoms with Gasteiger partial charge in [-0.3, -0.25) is 9.56 Å². The van der Waals surface area contributed by atoms with Crippen LogP contribution in [0, 0.1) is 0 Å². The minimum absolute atomic E-state index is 0.163. The van der Waals surface area contributed by atoms with Crippen molar-refractivity contribution in [2.24, 2.45) is 4.99 Å². The van der Waals surface area contributed by atoms with Crippen LogP contribution in [0.15, 0.2) is 48.1 Å². The number of hydrogen-bond acceptors (Lipinski definition) is 7. The maximum Gasteiger partial charge on any atom is 0.211 e. The molecule has 2 aromatic rings. The van der Waals surface area contributed by atoms with E-state index in [-0.39, 0.29) is 12.5 Å². The van der Waals surface area contributed by atoms with Crippen LogP contribution in [0.25, 0.3) is 11.4 Å². The van der Waals surface area contributed by atoms with Crippen molar-refractivity contribution in [3.63, 3.8) is 0 Å². The monoisotopic (exact) mass is 561 g/mol. The Bertz CT molecular complexity index is 1400. The fourth-order valence-corrected chi connectivity index (χ4v) is 6.49. The fraction of sp³-hybridized carbons (Fsp3) is 0.481. The van der Waals surface area contributed by atoms with Gasteiger partial charge in [-0.1, -0.05) is 43.1 Å². The van der Waals surface area contributed by atoms with E-state index in [1.54, 1.807) is 10.4 Å². The first-order chi connectivity index (χ1) is 18.1. The van der Waals surface area contributed by atoms with Crippen molar-refractivity contribution >= 4 is 37.9 Å². The van der Waals surface area contributed by atoms with E-state index in [1.807, 2.05) is 34.9 Å². The maximum absolute atomic E-state index is 13.6. The number of allylic oxidation sites excluding steroid dienone is 4. The average molecular weight is 562 g/mol. The highest BCUT2D eigenvalue weighted by Crippen LogP contribution is 2.34.